The molecule has 0 radical (unpaired) electrons. The number of nitrogens with one attached hydrogen (secondary N) is 1. The fraction of sp³-hybridized carbons (Fsp3) is 0.222. The summed E-state index contributed by atoms with van der Waals surface area (Å²) in [6.07, 6.45) is 0. The lowest BCUT2D eigenvalue weighted by atomic mass is 10.1. The highest BCUT2D eigenvalue weighted by molar-refractivity contribution is 5.75. The zero-order valence-corrected chi connectivity index (χ0v) is 13.7. The Kier molecular flexibility index (Phi) is 4.65. The van der Waals surface area contributed by atoms with Gasteiger partial charge in [-0.2, -0.15) is 4.80 Å². The van der Waals surface area contributed by atoms with Crippen molar-refractivity contribution in [2.24, 2.45) is 0 Å². The monoisotopic (exact) mass is 321 g/mol. The summed E-state index contributed by atoms with van der Waals surface area (Å²) in [7, 11) is 0. The van der Waals surface area contributed by atoms with Crippen molar-refractivity contribution < 1.29 is 4.79 Å². The molecule has 122 valence electrons. The first kappa shape index (κ1) is 15.9. The van der Waals surface area contributed by atoms with E-state index in [2.05, 4.69) is 20.7 Å². The Morgan fingerprint density at radius 3 is 2.58 bits per heavy atom. The zero-order valence-electron chi connectivity index (χ0n) is 13.7. The van der Waals surface area contributed by atoms with E-state index < -0.39 is 0 Å². The number of nitrogens with zero attached hydrogens (tertiary/aromatic N) is 4. The third kappa shape index (κ3) is 3.84. The molecular weight excluding hydrogens is 302 g/mol. The molecule has 1 amide bonds. The van der Waals surface area contributed by atoms with Crippen LogP contribution in [0.2, 0.25) is 0 Å². The first-order valence-corrected chi connectivity index (χ1v) is 7.78. The summed E-state index contributed by atoms with van der Waals surface area (Å²) >= 11 is 0. The summed E-state index contributed by atoms with van der Waals surface area (Å²) in [4.78, 5) is 13.4. The molecule has 3 rings (SSSR count). The van der Waals surface area contributed by atoms with Crippen molar-refractivity contribution in [2.75, 3.05) is 0 Å². The van der Waals surface area contributed by atoms with Gasteiger partial charge >= 0.3 is 0 Å². The molecule has 0 fully saturated rings. The van der Waals surface area contributed by atoms with Crippen LogP contribution in [-0.2, 0) is 17.9 Å². The third-order valence-electron chi connectivity index (χ3n) is 3.78. The number of amides is 1. The topological polar surface area (TPSA) is 72.7 Å². The van der Waals surface area contributed by atoms with Gasteiger partial charge in [0.15, 0.2) is 0 Å². The lowest BCUT2D eigenvalue weighted by Crippen LogP contribution is -2.28. The highest BCUT2D eigenvalue weighted by atomic mass is 16.2. The smallest absolute Gasteiger partial charge is 0.243 e. The molecule has 0 aliphatic carbocycles. The second-order valence-corrected chi connectivity index (χ2v) is 5.71. The summed E-state index contributed by atoms with van der Waals surface area (Å²) in [5, 5.41) is 15.1. The van der Waals surface area contributed by atoms with Gasteiger partial charge in [-0.15, -0.1) is 10.2 Å². The molecule has 0 atom stereocenters. The van der Waals surface area contributed by atoms with Crippen molar-refractivity contribution in [3.63, 3.8) is 0 Å². The van der Waals surface area contributed by atoms with E-state index >= 15 is 0 Å². The van der Waals surface area contributed by atoms with Crippen molar-refractivity contribution in [3.05, 3.63) is 65.2 Å². The molecule has 3 aromatic rings. The molecule has 1 N–H and O–H groups in total. The summed E-state index contributed by atoms with van der Waals surface area (Å²) in [5.74, 6) is 0.368. The van der Waals surface area contributed by atoms with Crippen LogP contribution >= 0.6 is 0 Å². The summed E-state index contributed by atoms with van der Waals surface area (Å²) in [6.45, 7) is 4.58. The Balaban J connectivity index is 1.59. The van der Waals surface area contributed by atoms with Crippen LogP contribution < -0.4 is 5.32 Å². The molecule has 0 aliphatic rings. The molecule has 6 nitrogen and oxygen atoms in total. The molecule has 0 saturated heterocycles. The second kappa shape index (κ2) is 7.04. The van der Waals surface area contributed by atoms with E-state index in [-0.39, 0.29) is 12.5 Å². The van der Waals surface area contributed by atoms with E-state index in [0.29, 0.717) is 12.4 Å². The minimum Gasteiger partial charge on any atom is -0.350 e. The number of tetrazole rings is 1. The Morgan fingerprint density at radius 1 is 1.08 bits per heavy atom. The van der Waals surface area contributed by atoms with Gasteiger partial charge in [-0.05, 0) is 30.2 Å². The van der Waals surface area contributed by atoms with Crippen molar-refractivity contribution in [2.45, 2.75) is 26.9 Å². The Labute approximate surface area is 140 Å². The molecule has 6 heteroatoms. The maximum absolute atomic E-state index is 12.0. The van der Waals surface area contributed by atoms with Crippen molar-refractivity contribution in [1.29, 1.82) is 0 Å². The SMILES string of the molecule is Cc1ccc(-c2nnn(CC(=O)NCc3ccccc3C)n2)cc1. The Morgan fingerprint density at radius 2 is 1.83 bits per heavy atom. The van der Waals surface area contributed by atoms with Gasteiger partial charge < -0.3 is 5.32 Å². The molecule has 0 spiro atoms. The number of hydrogen-bond donors (Lipinski definition) is 1. The number of hydrogen-bond acceptors (Lipinski definition) is 4. The summed E-state index contributed by atoms with van der Waals surface area (Å²) in [5.41, 5.74) is 4.30. The van der Waals surface area contributed by atoms with E-state index in [1.807, 2.05) is 62.4 Å². The van der Waals surface area contributed by atoms with Crippen LogP contribution in [0.5, 0.6) is 0 Å². The van der Waals surface area contributed by atoms with E-state index in [0.717, 1.165) is 16.7 Å². The minimum atomic E-state index is -0.147. The van der Waals surface area contributed by atoms with Crippen molar-refractivity contribution in [1.82, 2.24) is 25.5 Å². The number of aryl methyl sites for hydroxylation is 2. The van der Waals surface area contributed by atoms with Crippen molar-refractivity contribution >= 4 is 5.91 Å². The second-order valence-electron chi connectivity index (χ2n) is 5.71. The fourth-order valence-electron chi connectivity index (χ4n) is 2.31. The summed E-state index contributed by atoms with van der Waals surface area (Å²) in [6, 6.07) is 15.8. The lowest BCUT2D eigenvalue weighted by molar-refractivity contribution is -0.122. The molecule has 0 aliphatic heterocycles. The van der Waals surface area contributed by atoms with Gasteiger partial charge in [-0.1, -0.05) is 54.1 Å². The molecule has 0 unspecified atom stereocenters. The van der Waals surface area contributed by atoms with Gasteiger partial charge in [-0.25, -0.2) is 0 Å². The normalized spacial score (nSPS) is 10.6. The maximum Gasteiger partial charge on any atom is 0.243 e. The number of carbonyl (C=O) groups is 1. The number of aromatic nitrogens is 4. The van der Waals surface area contributed by atoms with Gasteiger partial charge in [0.05, 0.1) is 0 Å². The zero-order chi connectivity index (χ0) is 16.9. The molecule has 1 heterocycles. The molecule has 0 bridgehead atoms. The fourth-order valence-corrected chi connectivity index (χ4v) is 2.31. The van der Waals surface area contributed by atoms with E-state index in [9.17, 15) is 4.79 Å². The first-order chi connectivity index (χ1) is 11.6. The average molecular weight is 321 g/mol. The quantitative estimate of drug-likeness (QED) is 0.782. The highest BCUT2D eigenvalue weighted by Crippen LogP contribution is 2.13. The van der Waals surface area contributed by atoms with Crippen LogP contribution in [0.25, 0.3) is 11.4 Å². The third-order valence-corrected chi connectivity index (χ3v) is 3.78. The average Bonchev–Trinajstić information content (AvgIpc) is 3.03. The van der Waals surface area contributed by atoms with Crippen LogP contribution in [0.1, 0.15) is 16.7 Å². The van der Waals surface area contributed by atoms with Crippen LogP contribution in [0.4, 0.5) is 0 Å². The minimum absolute atomic E-state index is 0.0464. The summed E-state index contributed by atoms with van der Waals surface area (Å²) < 4.78 is 0. The lowest BCUT2D eigenvalue weighted by Gasteiger charge is -2.07. The molecule has 2 aromatic carbocycles. The van der Waals surface area contributed by atoms with Crippen molar-refractivity contribution in [3.8, 4) is 11.4 Å². The molecule has 1 aromatic heterocycles. The maximum atomic E-state index is 12.0. The predicted molar refractivity (Wildman–Crippen MR) is 91.0 cm³/mol. The molecular formula is C18H19N5O. The van der Waals surface area contributed by atoms with Crippen LogP contribution in [0.15, 0.2) is 48.5 Å². The Hall–Kier alpha value is -3.02. The Bertz CT molecular complexity index is 839. The first-order valence-electron chi connectivity index (χ1n) is 7.78. The van der Waals surface area contributed by atoms with Crippen LogP contribution in [0, 0.1) is 13.8 Å². The largest absolute Gasteiger partial charge is 0.350 e. The van der Waals surface area contributed by atoms with Gasteiger partial charge in [0.25, 0.3) is 0 Å². The van der Waals surface area contributed by atoms with Gasteiger partial charge in [0, 0.05) is 12.1 Å². The number of benzene rings is 2. The van der Waals surface area contributed by atoms with E-state index in [4.69, 9.17) is 0 Å². The van der Waals surface area contributed by atoms with Crippen LogP contribution in [0.3, 0.4) is 0 Å². The van der Waals surface area contributed by atoms with E-state index in [1.54, 1.807) is 0 Å². The standard InChI is InChI=1S/C18H19N5O/c1-13-7-9-15(10-8-13)18-20-22-23(21-18)12-17(24)19-11-16-6-4-3-5-14(16)2/h3-10H,11-12H2,1-2H3,(H,19,24). The van der Waals surface area contributed by atoms with Gasteiger partial charge in [0.2, 0.25) is 11.7 Å². The number of rotatable bonds is 5. The van der Waals surface area contributed by atoms with Gasteiger partial charge in [0.1, 0.15) is 6.54 Å². The molecule has 0 saturated carbocycles. The molecule has 24 heavy (non-hydrogen) atoms. The van der Waals surface area contributed by atoms with Crippen LogP contribution in [-0.4, -0.2) is 26.1 Å². The number of carbonyl (C=O) groups excluding carboxylic acids is 1. The predicted octanol–water partition coefficient (Wildman–Crippen LogP) is 2.27. The van der Waals surface area contributed by atoms with Gasteiger partial charge in [-0.3, -0.25) is 4.79 Å². The van der Waals surface area contributed by atoms with E-state index in [1.165, 1.54) is 10.4 Å². The highest BCUT2D eigenvalue weighted by Gasteiger charge is 2.09.